The highest BCUT2D eigenvalue weighted by molar-refractivity contribution is 6.35. The van der Waals surface area contributed by atoms with Gasteiger partial charge in [0.2, 0.25) is 5.95 Å². The number of nitrogens with zero attached hydrogens (tertiary/aromatic N) is 4. The maximum atomic E-state index is 6.43. The Morgan fingerprint density at radius 3 is 2.64 bits per heavy atom. The molecular weight excluding hydrogens is 359 g/mol. The third-order valence-corrected chi connectivity index (χ3v) is 4.78. The summed E-state index contributed by atoms with van der Waals surface area (Å²) in [5.74, 6) is 1.37. The van der Waals surface area contributed by atoms with Gasteiger partial charge in [-0.25, -0.2) is 9.67 Å². The highest BCUT2D eigenvalue weighted by atomic mass is 35.5. The second kappa shape index (κ2) is 6.50. The molecule has 0 saturated carbocycles. The molecule has 2 heterocycles. The molecule has 5 nitrogen and oxygen atoms in total. The van der Waals surface area contributed by atoms with Gasteiger partial charge in [0.15, 0.2) is 0 Å². The van der Waals surface area contributed by atoms with Gasteiger partial charge in [0.1, 0.15) is 12.1 Å². The molecule has 0 N–H and O–H groups in total. The van der Waals surface area contributed by atoms with Crippen LogP contribution in [0, 0.1) is 0 Å². The number of halogens is 2. The van der Waals surface area contributed by atoms with Gasteiger partial charge in [-0.1, -0.05) is 29.3 Å². The molecule has 0 bridgehead atoms. The minimum Gasteiger partial charge on any atom is -0.497 e. The van der Waals surface area contributed by atoms with Crippen molar-refractivity contribution in [2.45, 2.75) is 12.5 Å². The van der Waals surface area contributed by atoms with Crippen molar-refractivity contribution in [1.82, 2.24) is 14.8 Å². The summed E-state index contributed by atoms with van der Waals surface area (Å²) in [4.78, 5) is 8.91. The molecule has 3 aromatic rings. The van der Waals surface area contributed by atoms with E-state index in [9.17, 15) is 0 Å². The van der Waals surface area contributed by atoms with Crippen LogP contribution >= 0.6 is 23.2 Å². The summed E-state index contributed by atoms with van der Waals surface area (Å²) in [5, 5.41) is 5.53. The summed E-state index contributed by atoms with van der Waals surface area (Å²) in [7, 11) is 1.65. The quantitative estimate of drug-likeness (QED) is 0.668. The molecule has 0 saturated heterocycles. The Morgan fingerprint density at radius 2 is 1.92 bits per heavy atom. The molecule has 7 heteroatoms. The van der Waals surface area contributed by atoms with Crippen molar-refractivity contribution < 1.29 is 4.74 Å². The van der Waals surface area contributed by atoms with Crippen LogP contribution in [0.25, 0.3) is 0 Å². The number of benzene rings is 2. The van der Waals surface area contributed by atoms with Crippen LogP contribution in [0.3, 0.4) is 0 Å². The van der Waals surface area contributed by atoms with Gasteiger partial charge in [-0.05, 0) is 47.5 Å². The van der Waals surface area contributed by atoms with E-state index in [4.69, 9.17) is 27.9 Å². The van der Waals surface area contributed by atoms with Crippen LogP contribution in [0.2, 0.25) is 10.0 Å². The van der Waals surface area contributed by atoms with E-state index in [1.165, 1.54) is 6.33 Å². The standard InChI is InChI=1S/C18H14Cl2N4O/c1-25-13-5-2-11(3-6-13)16-9-17(24-18(23-16)21-10-22-24)14-7-4-12(19)8-15(14)20/h2-8,10,17H,9H2,1H3. The molecule has 0 fully saturated rings. The SMILES string of the molecule is COc1ccc(C2=Nc3ncnn3C(c3ccc(Cl)cc3Cl)C2)cc1. The van der Waals surface area contributed by atoms with E-state index in [1.54, 1.807) is 17.9 Å². The Balaban J connectivity index is 1.77. The molecule has 25 heavy (non-hydrogen) atoms. The molecule has 1 unspecified atom stereocenters. The minimum absolute atomic E-state index is 0.0862. The number of hydrogen-bond donors (Lipinski definition) is 0. The number of rotatable bonds is 3. The molecule has 1 atom stereocenters. The maximum absolute atomic E-state index is 6.43. The van der Waals surface area contributed by atoms with Crippen LogP contribution in [0.4, 0.5) is 5.95 Å². The smallest absolute Gasteiger partial charge is 0.248 e. The Morgan fingerprint density at radius 1 is 1.12 bits per heavy atom. The van der Waals surface area contributed by atoms with Crippen molar-refractivity contribution in [2.24, 2.45) is 4.99 Å². The lowest BCUT2D eigenvalue weighted by atomic mass is 9.96. The Labute approximate surface area is 154 Å². The predicted octanol–water partition coefficient (Wildman–Crippen LogP) is 4.71. The molecule has 2 aromatic carbocycles. The lowest BCUT2D eigenvalue weighted by Gasteiger charge is -2.24. The highest BCUT2D eigenvalue weighted by Gasteiger charge is 2.27. The van der Waals surface area contributed by atoms with Crippen LogP contribution in [-0.4, -0.2) is 27.6 Å². The van der Waals surface area contributed by atoms with Gasteiger partial charge in [-0.15, -0.1) is 0 Å². The zero-order chi connectivity index (χ0) is 17.4. The van der Waals surface area contributed by atoms with E-state index in [0.717, 1.165) is 22.6 Å². The fourth-order valence-corrected chi connectivity index (χ4v) is 3.49. The van der Waals surface area contributed by atoms with Crippen LogP contribution in [0.1, 0.15) is 23.6 Å². The lowest BCUT2D eigenvalue weighted by molar-refractivity contribution is 0.415. The van der Waals surface area contributed by atoms with Gasteiger partial charge in [-0.3, -0.25) is 0 Å². The maximum Gasteiger partial charge on any atom is 0.248 e. The van der Waals surface area contributed by atoms with Gasteiger partial charge in [0.05, 0.1) is 18.9 Å². The second-order valence-electron chi connectivity index (χ2n) is 5.68. The Bertz CT molecular complexity index is 950. The molecule has 0 spiro atoms. The molecule has 1 aliphatic rings. The summed E-state index contributed by atoms with van der Waals surface area (Å²) in [6, 6.07) is 13.2. The van der Waals surface area contributed by atoms with E-state index >= 15 is 0 Å². The average Bonchev–Trinajstić information content (AvgIpc) is 3.10. The van der Waals surface area contributed by atoms with Crippen molar-refractivity contribution in [2.75, 3.05) is 7.11 Å². The number of ether oxygens (including phenoxy) is 1. The summed E-state index contributed by atoms with van der Waals surface area (Å²) >= 11 is 12.5. The molecule has 0 aliphatic carbocycles. The largest absolute Gasteiger partial charge is 0.497 e. The van der Waals surface area contributed by atoms with Crippen molar-refractivity contribution in [3.8, 4) is 5.75 Å². The van der Waals surface area contributed by atoms with Crippen LogP contribution < -0.4 is 4.74 Å². The first kappa shape index (κ1) is 16.1. The number of methoxy groups -OCH3 is 1. The summed E-state index contributed by atoms with van der Waals surface area (Å²) in [6.45, 7) is 0. The van der Waals surface area contributed by atoms with Crippen LogP contribution in [-0.2, 0) is 0 Å². The number of hydrogen-bond acceptors (Lipinski definition) is 4. The Kier molecular flexibility index (Phi) is 4.19. The average molecular weight is 373 g/mol. The Hall–Kier alpha value is -2.37. The first-order valence-corrected chi connectivity index (χ1v) is 8.48. The normalized spacial score (nSPS) is 16.3. The zero-order valence-corrected chi connectivity index (χ0v) is 14.9. The number of aliphatic imine (C=N–C) groups is 1. The molecule has 0 radical (unpaired) electrons. The second-order valence-corrected chi connectivity index (χ2v) is 6.52. The van der Waals surface area contributed by atoms with E-state index in [1.807, 2.05) is 36.4 Å². The third kappa shape index (κ3) is 3.01. The first-order chi connectivity index (χ1) is 12.2. The number of aromatic nitrogens is 3. The van der Waals surface area contributed by atoms with E-state index in [2.05, 4.69) is 15.1 Å². The summed E-state index contributed by atoms with van der Waals surface area (Å²) in [5.41, 5.74) is 2.89. The van der Waals surface area contributed by atoms with Gasteiger partial charge in [-0.2, -0.15) is 10.1 Å². The summed E-state index contributed by atoms with van der Waals surface area (Å²) < 4.78 is 7.02. The van der Waals surface area contributed by atoms with Crippen molar-refractivity contribution in [3.05, 3.63) is 70.0 Å². The molecular formula is C18H14Cl2N4O. The fourth-order valence-electron chi connectivity index (χ4n) is 2.96. The lowest BCUT2D eigenvalue weighted by Crippen LogP contribution is -2.21. The van der Waals surface area contributed by atoms with Crippen LogP contribution in [0.5, 0.6) is 5.75 Å². The van der Waals surface area contributed by atoms with E-state index < -0.39 is 0 Å². The topological polar surface area (TPSA) is 52.3 Å². The molecule has 1 aliphatic heterocycles. The van der Waals surface area contributed by atoms with E-state index in [0.29, 0.717) is 22.4 Å². The monoisotopic (exact) mass is 372 g/mol. The van der Waals surface area contributed by atoms with Crippen molar-refractivity contribution in [1.29, 1.82) is 0 Å². The molecule has 0 amide bonds. The zero-order valence-electron chi connectivity index (χ0n) is 13.4. The van der Waals surface area contributed by atoms with Gasteiger partial charge < -0.3 is 4.74 Å². The summed E-state index contributed by atoms with van der Waals surface area (Å²) in [6.07, 6.45) is 2.16. The fraction of sp³-hybridized carbons (Fsp3) is 0.167. The van der Waals surface area contributed by atoms with Gasteiger partial charge in [0.25, 0.3) is 0 Å². The predicted molar refractivity (Wildman–Crippen MR) is 98.4 cm³/mol. The van der Waals surface area contributed by atoms with Gasteiger partial charge >= 0.3 is 0 Å². The van der Waals surface area contributed by atoms with Crippen molar-refractivity contribution in [3.63, 3.8) is 0 Å². The molecule has 126 valence electrons. The minimum atomic E-state index is -0.0862. The molecule has 4 rings (SSSR count). The molecule has 1 aromatic heterocycles. The highest BCUT2D eigenvalue weighted by Crippen LogP contribution is 2.36. The first-order valence-electron chi connectivity index (χ1n) is 7.72. The van der Waals surface area contributed by atoms with Crippen LogP contribution in [0.15, 0.2) is 53.8 Å². The third-order valence-electron chi connectivity index (χ3n) is 4.22. The number of fused-ring (bicyclic) bond motifs is 1. The van der Waals surface area contributed by atoms with Gasteiger partial charge in [0, 0.05) is 16.5 Å². The van der Waals surface area contributed by atoms with E-state index in [-0.39, 0.29) is 6.04 Å². The van der Waals surface area contributed by atoms with Crippen molar-refractivity contribution >= 4 is 34.9 Å².